The molecule has 1 heterocycles. The summed E-state index contributed by atoms with van der Waals surface area (Å²) >= 11 is 0. The lowest BCUT2D eigenvalue weighted by Gasteiger charge is -2.11. The predicted molar refractivity (Wildman–Crippen MR) is 79.5 cm³/mol. The number of rotatable bonds is 6. The molecular weight excluding hydrogens is 236 g/mol. The van der Waals surface area contributed by atoms with Gasteiger partial charge in [-0.05, 0) is 37.3 Å². The Morgan fingerprint density at radius 1 is 1.16 bits per heavy atom. The van der Waals surface area contributed by atoms with Gasteiger partial charge in [-0.1, -0.05) is 19.1 Å². The maximum Gasteiger partial charge on any atom is 0.225 e. The van der Waals surface area contributed by atoms with Crippen LogP contribution in [0.15, 0.2) is 24.3 Å². The first-order chi connectivity index (χ1) is 9.36. The second-order valence-electron chi connectivity index (χ2n) is 5.16. The normalized spacial score (nSPS) is 14.6. The van der Waals surface area contributed by atoms with Crippen molar-refractivity contribution in [1.82, 2.24) is 9.97 Å². The van der Waals surface area contributed by atoms with Crippen LogP contribution in [0.25, 0.3) is 10.9 Å². The van der Waals surface area contributed by atoms with Crippen LogP contribution in [0, 0.1) is 5.92 Å². The summed E-state index contributed by atoms with van der Waals surface area (Å²) in [6.45, 7) is 4.06. The molecule has 4 heteroatoms. The highest BCUT2D eigenvalue weighted by Crippen LogP contribution is 2.30. The molecule has 3 rings (SSSR count). The van der Waals surface area contributed by atoms with Gasteiger partial charge in [0, 0.05) is 18.5 Å². The van der Waals surface area contributed by atoms with Gasteiger partial charge in [-0.2, -0.15) is 4.98 Å². The zero-order valence-corrected chi connectivity index (χ0v) is 11.3. The topological polar surface area (TPSA) is 49.8 Å². The molecule has 19 heavy (non-hydrogen) atoms. The molecule has 1 aliphatic carbocycles. The van der Waals surface area contributed by atoms with Crippen molar-refractivity contribution in [3.63, 3.8) is 0 Å². The Morgan fingerprint density at radius 3 is 2.79 bits per heavy atom. The van der Waals surface area contributed by atoms with Gasteiger partial charge >= 0.3 is 0 Å². The van der Waals surface area contributed by atoms with E-state index in [4.69, 9.17) is 0 Å². The van der Waals surface area contributed by atoms with E-state index in [9.17, 15) is 0 Å². The first-order valence-electron chi connectivity index (χ1n) is 7.11. The monoisotopic (exact) mass is 256 g/mol. The van der Waals surface area contributed by atoms with Crippen LogP contribution in [0.4, 0.5) is 11.8 Å². The maximum atomic E-state index is 4.60. The third kappa shape index (κ3) is 2.95. The Labute approximate surface area is 113 Å². The van der Waals surface area contributed by atoms with Crippen LogP contribution >= 0.6 is 0 Å². The molecule has 1 aromatic carbocycles. The summed E-state index contributed by atoms with van der Waals surface area (Å²) in [7, 11) is 0. The molecule has 2 N–H and O–H groups in total. The van der Waals surface area contributed by atoms with Gasteiger partial charge in [-0.3, -0.25) is 0 Å². The number of anilines is 2. The highest BCUT2D eigenvalue weighted by atomic mass is 15.1. The van der Waals surface area contributed by atoms with Crippen molar-refractivity contribution < 1.29 is 0 Å². The lowest BCUT2D eigenvalue weighted by Crippen LogP contribution is -2.10. The van der Waals surface area contributed by atoms with E-state index < -0.39 is 0 Å². The molecule has 0 aliphatic heterocycles. The summed E-state index contributed by atoms with van der Waals surface area (Å²) in [5, 5.41) is 7.85. The van der Waals surface area contributed by atoms with Crippen LogP contribution in [-0.2, 0) is 0 Å². The number of fused-ring (bicyclic) bond motifs is 1. The van der Waals surface area contributed by atoms with Crippen LogP contribution in [0.5, 0.6) is 0 Å². The predicted octanol–water partition coefficient (Wildman–Crippen LogP) is 3.27. The van der Waals surface area contributed by atoms with Gasteiger partial charge in [0.15, 0.2) is 0 Å². The minimum absolute atomic E-state index is 0.721. The van der Waals surface area contributed by atoms with Gasteiger partial charge in [-0.15, -0.1) is 0 Å². The smallest absolute Gasteiger partial charge is 0.225 e. The van der Waals surface area contributed by atoms with E-state index in [2.05, 4.69) is 33.6 Å². The third-order valence-corrected chi connectivity index (χ3v) is 3.39. The Bertz CT molecular complexity index is 563. The van der Waals surface area contributed by atoms with Crippen LogP contribution in [0.3, 0.4) is 0 Å². The quantitative estimate of drug-likeness (QED) is 0.832. The molecule has 0 radical (unpaired) electrons. The van der Waals surface area contributed by atoms with E-state index in [1.54, 1.807) is 0 Å². The minimum atomic E-state index is 0.721. The number of hydrogen-bond donors (Lipinski definition) is 2. The van der Waals surface area contributed by atoms with Gasteiger partial charge in [0.05, 0.1) is 5.52 Å². The molecule has 0 amide bonds. The zero-order chi connectivity index (χ0) is 13.1. The van der Waals surface area contributed by atoms with E-state index in [1.165, 1.54) is 12.8 Å². The molecule has 1 aliphatic rings. The van der Waals surface area contributed by atoms with Crippen LogP contribution in [0.1, 0.15) is 26.2 Å². The molecule has 0 saturated heterocycles. The average molecular weight is 256 g/mol. The molecule has 0 unspecified atom stereocenters. The van der Waals surface area contributed by atoms with Gasteiger partial charge < -0.3 is 10.6 Å². The van der Waals surface area contributed by atoms with Crippen LogP contribution < -0.4 is 10.6 Å². The molecular formula is C15H20N4. The first-order valence-corrected chi connectivity index (χ1v) is 7.11. The highest BCUT2D eigenvalue weighted by molar-refractivity contribution is 5.90. The third-order valence-electron chi connectivity index (χ3n) is 3.39. The summed E-state index contributed by atoms with van der Waals surface area (Å²) < 4.78 is 0. The van der Waals surface area contributed by atoms with Gasteiger partial charge in [-0.25, -0.2) is 4.98 Å². The van der Waals surface area contributed by atoms with Crippen molar-refractivity contribution in [3.05, 3.63) is 24.3 Å². The molecule has 1 saturated carbocycles. The maximum absolute atomic E-state index is 4.60. The molecule has 2 aromatic rings. The molecule has 0 bridgehead atoms. The fourth-order valence-electron chi connectivity index (χ4n) is 2.09. The largest absolute Gasteiger partial charge is 0.369 e. The van der Waals surface area contributed by atoms with E-state index in [-0.39, 0.29) is 0 Å². The minimum Gasteiger partial charge on any atom is -0.369 e. The highest BCUT2D eigenvalue weighted by Gasteiger charge is 2.21. The molecule has 100 valence electrons. The van der Waals surface area contributed by atoms with E-state index in [0.717, 1.165) is 48.1 Å². The summed E-state index contributed by atoms with van der Waals surface area (Å²) in [4.78, 5) is 9.16. The molecule has 0 spiro atoms. The van der Waals surface area contributed by atoms with Crippen molar-refractivity contribution in [1.29, 1.82) is 0 Å². The van der Waals surface area contributed by atoms with E-state index >= 15 is 0 Å². The number of hydrogen-bond acceptors (Lipinski definition) is 4. The number of aromatic nitrogens is 2. The Morgan fingerprint density at radius 2 is 2.00 bits per heavy atom. The van der Waals surface area contributed by atoms with Crippen molar-refractivity contribution >= 4 is 22.7 Å². The number of para-hydroxylation sites is 1. The summed E-state index contributed by atoms with van der Waals surface area (Å²) in [5.41, 5.74) is 0.995. The standard InChI is InChI=1S/C15H20N4/c1-2-9-16-15-18-13-6-4-3-5-12(13)14(19-15)17-10-11-7-8-11/h3-6,11H,2,7-10H2,1H3,(H2,16,17,18,19). The average Bonchev–Trinajstić information content (AvgIpc) is 3.26. The van der Waals surface area contributed by atoms with Gasteiger partial charge in [0.1, 0.15) is 5.82 Å². The van der Waals surface area contributed by atoms with Crippen molar-refractivity contribution in [2.75, 3.05) is 23.7 Å². The molecule has 4 nitrogen and oxygen atoms in total. The van der Waals surface area contributed by atoms with E-state index in [0.29, 0.717) is 0 Å². The van der Waals surface area contributed by atoms with Crippen LogP contribution in [0.2, 0.25) is 0 Å². The second kappa shape index (κ2) is 5.43. The lowest BCUT2D eigenvalue weighted by atomic mass is 10.2. The van der Waals surface area contributed by atoms with Crippen molar-refractivity contribution in [2.24, 2.45) is 5.92 Å². The fourth-order valence-corrected chi connectivity index (χ4v) is 2.09. The lowest BCUT2D eigenvalue weighted by molar-refractivity contribution is 0.882. The van der Waals surface area contributed by atoms with Crippen molar-refractivity contribution in [3.8, 4) is 0 Å². The molecule has 0 atom stereocenters. The van der Waals surface area contributed by atoms with E-state index in [1.807, 2.05) is 18.2 Å². The molecule has 1 fully saturated rings. The Hall–Kier alpha value is -1.84. The van der Waals surface area contributed by atoms with Gasteiger partial charge in [0.25, 0.3) is 0 Å². The van der Waals surface area contributed by atoms with Gasteiger partial charge in [0.2, 0.25) is 5.95 Å². The number of nitrogens with zero attached hydrogens (tertiary/aromatic N) is 2. The summed E-state index contributed by atoms with van der Waals surface area (Å²) in [6, 6.07) is 8.17. The Kier molecular flexibility index (Phi) is 3.49. The zero-order valence-electron chi connectivity index (χ0n) is 11.3. The summed E-state index contributed by atoms with van der Waals surface area (Å²) in [6.07, 6.45) is 3.76. The fraction of sp³-hybridized carbons (Fsp3) is 0.467. The first kappa shape index (κ1) is 12.2. The second-order valence-corrected chi connectivity index (χ2v) is 5.16. The SMILES string of the molecule is CCCNc1nc(NCC2CC2)c2ccccc2n1. The Balaban J connectivity index is 1.90. The summed E-state index contributed by atoms with van der Waals surface area (Å²) in [5.74, 6) is 2.51. The van der Waals surface area contributed by atoms with Crippen molar-refractivity contribution in [2.45, 2.75) is 26.2 Å². The number of benzene rings is 1. The number of nitrogens with one attached hydrogen (secondary N) is 2. The molecule has 1 aromatic heterocycles. The van der Waals surface area contributed by atoms with Crippen LogP contribution in [-0.4, -0.2) is 23.1 Å².